The van der Waals surface area contributed by atoms with Gasteiger partial charge in [-0.1, -0.05) is 7.43 Å². The number of amides is 3. The van der Waals surface area contributed by atoms with E-state index in [1.807, 2.05) is 0 Å². The molecular weight excluding hydrogens is 264 g/mol. The van der Waals surface area contributed by atoms with Gasteiger partial charge in [0.15, 0.2) is 0 Å². The molecule has 0 bridgehead atoms. The molecule has 3 amide bonds. The first-order valence-electron chi connectivity index (χ1n) is 2.91. The van der Waals surface area contributed by atoms with Crippen LogP contribution in [0.4, 0.5) is 14.4 Å². The first kappa shape index (κ1) is 20.1. The largest absolute Gasteiger partial charge is 0.609 e. The van der Waals surface area contributed by atoms with Gasteiger partial charge < -0.3 is 22.1 Å². The molecule has 0 aromatic heterocycles. The third kappa shape index (κ3) is 8.01. The van der Waals surface area contributed by atoms with Crippen molar-refractivity contribution in [2.45, 2.75) is 7.43 Å². The highest BCUT2D eigenvalue weighted by atomic mass is 31.2. The zero-order valence-corrected chi connectivity index (χ0v) is 8.85. The van der Waals surface area contributed by atoms with Crippen LogP contribution in [0.15, 0.2) is 0 Å². The molecule has 0 aromatic rings. The average Bonchev–Trinajstić information content (AvgIpc) is 2.04. The Bertz CT molecular complexity index is 324. The van der Waals surface area contributed by atoms with Gasteiger partial charge in [0.1, 0.15) is 0 Å². The molecule has 12 heteroatoms. The predicted molar refractivity (Wildman–Crippen MR) is 55.1 cm³/mol. The Morgan fingerprint density at radius 2 is 1.25 bits per heavy atom. The molecule has 0 saturated heterocycles. The lowest BCUT2D eigenvalue weighted by atomic mass is 11.4. The summed E-state index contributed by atoms with van der Waals surface area (Å²) >= 11 is 0. The lowest BCUT2D eigenvalue weighted by Gasteiger charge is -1.98. The van der Waals surface area contributed by atoms with Crippen molar-refractivity contribution >= 4 is 32.3 Å². The molecule has 0 aromatic carbocycles. The SMILES string of the molecule is C.NC(=O)P(=O)(O)C(N)=O.NC(=O)[P+](=O)O. The summed E-state index contributed by atoms with van der Waals surface area (Å²) in [5, 5.41) is 0. The minimum Gasteiger partial charge on any atom is -0.361 e. The molecule has 0 saturated carbocycles. The molecule has 0 aliphatic rings. The van der Waals surface area contributed by atoms with Crippen molar-refractivity contribution in [3.8, 4) is 0 Å². The highest BCUT2D eigenvalue weighted by molar-refractivity contribution is 7.89. The molecule has 0 spiro atoms. The fourth-order valence-corrected chi connectivity index (χ4v) is 0.326. The van der Waals surface area contributed by atoms with Crippen molar-refractivity contribution in [3.05, 3.63) is 0 Å². The van der Waals surface area contributed by atoms with Gasteiger partial charge in [0.05, 0.1) is 0 Å². The Balaban J connectivity index is -0.000000214. The number of carbonyl (C=O) groups excluding carboxylic acids is 3. The summed E-state index contributed by atoms with van der Waals surface area (Å²) in [5.74, 6) is 0. The molecule has 1 atom stereocenters. The van der Waals surface area contributed by atoms with Crippen molar-refractivity contribution in [1.82, 2.24) is 0 Å². The maximum atomic E-state index is 10.2. The molecule has 94 valence electrons. The predicted octanol–water partition coefficient (Wildman–Crippen LogP) is -0.150. The molecule has 10 nitrogen and oxygen atoms in total. The van der Waals surface area contributed by atoms with Crippen LogP contribution in [-0.4, -0.2) is 26.7 Å². The molecule has 0 radical (unpaired) electrons. The second-order valence-corrected chi connectivity index (χ2v) is 4.88. The summed E-state index contributed by atoms with van der Waals surface area (Å²) in [4.78, 5) is 45.1. The first-order chi connectivity index (χ1) is 6.53. The Morgan fingerprint density at radius 1 is 1.06 bits per heavy atom. The molecule has 1 unspecified atom stereocenters. The van der Waals surface area contributed by atoms with Gasteiger partial charge in [-0.15, -0.1) is 0 Å². The maximum absolute atomic E-state index is 10.2. The van der Waals surface area contributed by atoms with Crippen LogP contribution in [0, 0.1) is 0 Å². The van der Waals surface area contributed by atoms with Crippen LogP contribution in [0.5, 0.6) is 0 Å². The monoisotopic (exact) mass is 276 g/mol. The Hall–Kier alpha value is -1.34. The van der Waals surface area contributed by atoms with Crippen LogP contribution in [0.3, 0.4) is 0 Å². The highest BCUT2D eigenvalue weighted by Gasteiger charge is 2.33. The van der Waals surface area contributed by atoms with Gasteiger partial charge in [0.2, 0.25) is 0 Å². The van der Waals surface area contributed by atoms with Gasteiger partial charge in [-0.05, 0) is 4.57 Å². The van der Waals surface area contributed by atoms with Crippen LogP contribution < -0.4 is 17.2 Å². The third-order valence-corrected chi connectivity index (χ3v) is 2.36. The third-order valence-electron chi connectivity index (χ3n) is 0.786. The molecule has 0 heterocycles. The second kappa shape index (κ2) is 7.89. The van der Waals surface area contributed by atoms with Crippen molar-refractivity contribution in [2.24, 2.45) is 17.2 Å². The number of primary amides is 3. The zero-order valence-electron chi connectivity index (χ0n) is 7.06. The number of hydrogen-bond acceptors (Lipinski definition) is 5. The lowest BCUT2D eigenvalue weighted by Crippen LogP contribution is -2.19. The van der Waals surface area contributed by atoms with Gasteiger partial charge in [0.25, 0.3) is 0 Å². The zero-order chi connectivity index (χ0) is 12.8. The first-order valence-corrected chi connectivity index (χ1v) is 5.79. The van der Waals surface area contributed by atoms with E-state index in [9.17, 15) is 23.5 Å². The summed E-state index contributed by atoms with van der Waals surface area (Å²) in [7, 11) is -7.33. The van der Waals surface area contributed by atoms with Gasteiger partial charge >= 0.3 is 32.3 Å². The number of hydrogen-bond donors (Lipinski definition) is 5. The van der Waals surface area contributed by atoms with E-state index in [0.717, 1.165) is 0 Å². The van der Waals surface area contributed by atoms with Crippen molar-refractivity contribution in [3.63, 3.8) is 0 Å². The van der Waals surface area contributed by atoms with Gasteiger partial charge in [-0.3, -0.25) is 14.2 Å². The normalized spacial score (nSPS) is 10.0. The molecule has 0 fully saturated rings. The maximum Gasteiger partial charge on any atom is 0.609 e. The summed E-state index contributed by atoms with van der Waals surface area (Å²) in [5.41, 5.74) is 8.55. The molecular formula is C4H12N3O7P2+. The van der Waals surface area contributed by atoms with E-state index in [1.165, 1.54) is 0 Å². The van der Waals surface area contributed by atoms with E-state index in [4.69, 9.17) is 9.79 Å². The van der Waals surface area contributed by atoms with E-state index in [-0.39, 0.29) is 7.43 Å². The highest BCUT2D eigenvalue weighted by Crippen LogP contribution is 2.39. The Kier molecular flexibility index (Phi) is 9.92. The van der Waals surface area contributed by atoms with E-state index in [0.29, 0.717) is 0 Å². The lowest BCUT2D eigenvalue weighted by molar-refractivity contribution is 0.255. The average molecular weight is 276 g/mol. The topological polar surface area (TPSA) is 204 Å². The number of rotatable bonds is 3. The minimum atomic E-state index is -4.56. The van der Waals surface area contributed by atoms with Crippen molar-refractivity contribution in [2.75, 3.05) is 0 Å². The van der Waals surface area contributed by atoms with Crippen LogP contribution in [0.25, 0.3) is 0 Å². The summed E-state index contributed by atoms with van der Waals surface area (Å²) in [6, 6.07) is 0. The Morgan fingerprint density at radius 3 is 1.25 bits per heavy atom. The molecule has 16 heavy (non-hydrogen) atoms. The summed E-state index contributed by atoms with van der Waals surface area (Å²) < 4.78 is 19.6. The van der Waals surface area contributed by atoms with Gasteiger partial charge in [0, 0.05) is 0 Å². The molecule has 0 aliphatic heterocycles. The molecule has 8 N–H and O–H groups in total. The quantitative estimate of drug-likeness (QED) is 0.440. The molecule has 0 aliphatic carbocycles. The van der Waals surface area contributed by atoms with Crippen LogP contribution in [-0.2, 0) is 9.13 Å². The van der Waals surface area contributed by atoms with Crippen molar-refractivity contribution in [1.29, 1.82) is 0 Å². The van der Waals surface area contributed by atoms with Crippen LogP contribution in [0.2, 0.25) is 0 Å². The number of nitrogens with two attached hydrogens (primary N) is 3. The summed E-state index contributed by atoms with van der Waals surface area (Å²) in [6.45, 7) is 0. The molecule has 0 rings (SSSR count). The Labute approximate surface area is 91.1 Å². The smallest absolute Gasteiger partial charge is 0.361 e. The fourth-order valence-electron chi connectivity index (χ4n) is 0.109. The standard InChI is InChI=1S/C2H5N2O4P.CH2NO3P.CH4/c3-1(5)9(7,8)2(4)6;2-1(3)6(4)5;/h(H2,3,5)(H2,4,6)(H,7,8);(H2-,2,3,4,5);1H4/p+1. The van der Waals surface area contributed by atoms with E-state index >= 15 is 0 Å². The van der Waals surface area contributed by atoms with E-state index < -0.39 is 32.3 Å². The minimum absolute atomic E-state index is 0. The van der Waals surface area contributed by atoms with Gasteiger partial charge in [-0.25, -0.2) is 4.79 Å². The van der Waals surface area contributed by atoms with Crippen molar-refractivity contribution < 1.29 is 33.3 Å². The van der Waals surface area contributed by atoms with Gasteiger partial charge in [-0.2, -0.15) is 4.89 Å². The summed E-state index contributed by atoms with van der Waals surface area (Å²) in [6.07, 6.45) is 0. The number of carbonyl (C=O) groups is 3. The fraction of sp³-hybridized carbons (Fsp3) is 0.250. The van der Waals surface area contributed by atoms with E-state index in [1.54, 1.807) is 0 Å². The van der Waals surface area contributed by atoms with Crippen LogP contribution >= 0.6 is 15.4 Å². The second-order valence-electron chi connectivity index (χ2n) is 1.86. The van der Waals surface area contributed by atoms with Crippen LogP contribution in [0.1, 0.15) is 7.43 Å². The van der Waals surface area contributed by atoms with E-state index in [2.05, 4.69) is 17.2 Å².